The summed E-state index contributed by atoms with van der Waals surface area (Å²) in [5.41, 5.74) is 0.819. The Bertz CT molecular complexity index is 836. The molecule has 0 radical (unpaired) electrons. The van der Waals surface area contributed by atoms with E-state index < -0.39 is 29.9 Å². The third-order valence-corrected chi connectivity index (χ3v) is 7.24. The molecule has 0 spiro atoms. The lowest BCUT2D eigenvalue weighted by Gasteiger charge is -2.28. The quantitative estimate of drug-likeness (QED) is 0.253. The molecule has 0 saturated carbocycles. The minimum atomic E-state index is -1.19. The zero-order valence-corrected chi connectivity index (χ0v) is 23.6. The number of aliphatic hydroxyl groups is 1. The van der Waals surface area contributed by atoms with Crippen LogP contribution in [0.4, 0.5) is 0 Å². The van der Waals surface area contributed by atoms with Crippen molar-refractivity contribution >= 4 is 17.5 Å². The van der Waals surface area contributed by atoms with Gasteiger partial charge in [0.2, 0.25) is 11.7 Å². The molecule has 1 aromatic rings. The number of carbonyl (C=O) groups excluding carboxylic acids is 1. The Labute approximate surface area is 227 Å². The number of halogens is 1. The number of benzene rings is 1. The largest absolute Gasteiger partial charge is 0.387 e. The molecule has 8 heteroatoms. The smallest absolute Gasteiger partial charge is 0.224 e. The molecular formula is C29H46ClNO6. The van der Waals surface area contributed by atoms with Gasteiger partial charge in [-0.3, -0.25) is 4.79 Å². The van der Waals surface area contributed by atoms with Crippen LogP contribution in [0.5, 0.6) is 0 Å². The molecule has 2 fully saturated rings. The maximum Gasteiger partial charge on any atom is 0.224 e. The van der Waals surface area contributed by atoms with E-state index in [0.29, 0.717) is 11.6 Å². The standard InChI is InChI=1S/C29H46ClNO6/c1-4-5-6-7-8-9-10-11-12-13-17-34-21-29-27(36-28(2,3)37-29)26(33)24(35-29)20-31-25(32)19-22-15-14-16-23(30)18-22/h14-16,18,24,26-27,33H,4-13,17,19-21H2,1-3H3,(H,31,32)/t24-,26+,27-,29-/m0/s1. The van der Waals surface area contributed by atoms with Crippen molar-refractivity contribution in [3.63, 3.8) is 0 Å². The van der Waals surface area contributed by atoms with Crippen LogP contribution in [0.25, 0.3) is 0 Å². The number of fused-ring (bicyclic) bond motifs is 1. The summed E-state index contributed by atoms with van der Waals surface area (Å²) >= 11 is 6.01. The zero-order chi connectivity index (χ0) is 26.7. The van der Waals surface area contributed by atoms with E-state index in [1.54, 1.807) is 26.0 Å². The van der Waals surface area contributed by atoms with Crippen molar-refractivity contribution in [1.29, 1.82) is 0 Å². The molecule has 2 aliphatic rings. The Kier molecular flexibility index (Phi) is 12.1. The number of nitrogens with one attached hydrogen (secondary N) is 1. The van der Waals surface area contributed by atoms with Gasteiger partial charge in [-0.2, -0.15) is 0 Å². The number of unbranched alkanes of at least 4 members (excludes halogenated alkanes) is 9. The predicted octanol–water partition coefficient (Wildman–Crippen LogP) is 5.54. The third-order valence-electron chi connectivity index (χ3n) is 7.00. The molecule has 4 atom stereocenters. The van der Waals surface area contributed by atoms with E-state index in [2.05, 4.69) is 12.2 Å². The molecule has 2 aliphatic heterocycles. The first-order chi connectivity index (χ1) is 17.7. The molecular weight excluding hydrogens is 494 g/mol. The number of ether oxygens (including phenoxy) is 4. The van der Waals surface area contributed by atoms with Crippen molar-refractivity contribution in [3.8, 4) is 0 Å². The van der Waals surface area contributed by atoms with Crippen molar-refractivity contribution in [1.82, 2.24) is 5.32 Å². The SMILES string of the molecule is CCCCCCCCCCCCOC[C@@]12O[C@@H](CNC(=O)Cc3cccc(Cl)c3)[C@@H](O)[C@@H]1OC(C)(C)O2. The highest BCUT2D eigenvalue weighted by Crippen LogP contribution is 2.45. The molecule has 210 valence electrons. The third kappa shape index (κ3) is 9.48. The first-order valence-electron chi connectivity index (χ1n) is 14.1. The van der Waals surface area contributed by atoms with Gasteiger partial charge < -0.3 is 29.4 Å². The summed E-state index contributed by atoms with van der Waals surface area (Å²) in [6, 6.07) is 7.19. The topological polar surface area (TPSA) is 86.3 Å². The summed E-state index contributed by atoms with van der Waals surface area (Å²) in [7, 11) is 0. The van der Waals surface area contributed by atoms with Crippen LogP contribution in [0.1, 0.15) is 90.5 Å². The van der Waals surface area contributed by atoms with E-state index in [9.17, 15) is 9.90 Å². The van der Waals surface area contributed by atoms with Crippen molar-refractivity contribution in [2.45, 2.75) is 121 Å². The Morgan fingerprint density at radius 1 is 1.05 bits per heavy atom. The number of hydrogen-bond donors (Lipinski definition) is 2. The lowest BCUT2D eigenvalue weighted by molar-refractivity contribution is -0.277. The van der Waals surface area contributed by atoms with Crippen LogP contribution in [0.2, 0.25) is 5.02 Å². The Hall–Kier alpha value is -1.22. The average Bonchev–Trinajstić information content (AvgIpc) is 3.25. The normalized spacial score (nSPS) is 26.4. The van der Waals surface area contributed by atoms with Crippen LogP contribution in [0.15, 0.2) is 24.3 Å². The number of aliphatic hydroxyl groups excluding tert-OH is 1. The highest BCUT2D eigenvalue weighted by molar-refractivity contribution is 6.30. The number of rotatable bonds is 17. The van der Waals surface area contributed by atoms with E-state index >= 15 is 0 Å². The van der Waals surface area contributed by atoms with E-state index in [0.717, 1.165) is 18.4 Å². The summed E-state index contributed by atoms with van der Waals surface area (Å²) in [4.78, 5) is 12.4. The van der Waals surface area contributed by atoms with Crippen LogP contribution in [-0.4, -0.2) is 60.7 Å². The van der Waals surface area contributed by atoms with Gasteiger partial charge in [0.15, 0.2) is 5.79 Å². The average molecular weight is 540 g/mol. The molecule has 2 N–H and O–H groups in total. The minimum absolute atomic E-state index is 0.143. The van der Waals surface area contributed by atoms with Crippen molar-refractivity contribution < 1.29 is 28.8 Å². The number of amides is 1. The van der Waals surface area contributed by atoms with Crippen LogP contribution in [0, 0.1) is 0 Å². The molecule has 0 unspecified atom stereocenters. The zero-order valence-electron chi connectivity index (χ0n) is 22.8. The second kappa shape index (κ2) is 14.8. The number of carbonyl (C=O) groups is 1. The second-order valence-corrected chi connectivity index (χ2v) is 11.3. The first-order valence-corrected chi connectivity index (χ1v) is 14.5. The summed E-state index contributed by atoms with van der Waals surface area (Å²) in [6.07, 6.45) is 10.5. The van der Waals surface area contributed by atoms with Gasteiger partial charge in [-0.15, -0.1) is 0 Å². The van der Waals surface area contributed by atoms with Crippen LogP contribution in [0.3, 0.4) is 0 Å². The summed E-state index contributed by atoms with van der Waals surface area (Å²) in [5.74, 6) is -2.26. The van der Waals surface area contributed by atoms with Gasteiger partial charge in [0.1, 0.15) is 24.9 Å². The Morgan fingerprint density at radius 2 is 1.73 bits per heavy atom. The molecule has 7 nitrogen and oxygen atoms in total. The Morgan fingerprint density at radius 3 is 2.41 bits per heavy atom. The Balaban J connectivity index is 1.38. The fraction of sp³-hybridized carbons (Fsp3) is 0.759. The van der Waals surface area contributed by atoms with Gasteiger partial charge in [0.05, 0.1) is 6.42 Å². The maximum absolute atomic E-state index is 12.4. The fourth-order valence-electron chi connectivity index (χ4n) is 5.16. The minimum Gasteiger partial charge on any atom is -0.387 e. The van der Waals surface area contributed by atoms with Gasteiger partial charge in [-0.25, -0.2) is 0 Å². The lowest BCUT2D eigenvalue weighted by atomic mass is 10.1. The van der Waals surface area contributed by atoms with E-state index in [-0.39, 0.29) is 25.5 Å². The van der Waals surface area contributed by atoms with Gasteiger partial charge in [0, 0.05) is 18.2 Å². The van der Waals surface area contributed by atoms with Gasteiger partial charge in [0.25, 0.3) is 0 Å². The maximum atomic E-state index is 12.4. The van der Waals surface area contributed by atoms with Crippen LogP contribution in [-0.2, 0) is 30.2 Å². The molecule has 0 aliphatic carbocycles. The molecule has 2 saturated heterocycles. The summed E-state index contributed by atoms with van der Waals surface area (Å²) in [5, 5.41) is 14.4. The van der Waals surface area contributed by atoms with Crippen LogP contribution < -0.4 is 5.32 Å². The highest BCUT2D eigenvalue weighted by atomic mass is 35.5. The second-order valence-electron chi connectivity index (χ2n) is 10.8. The molecule has 1 amide bonds. The van der Waals surface area contributed by atoms with Crippen molar-refractivity contribution in [2.24, 2.45) is 0 Å². The molecule has 0 aromatic heterocycles. The van der Waals surface area contributed by atoms with Gasteiger partial charge >= 0.3 is 0 Å². The fourth-order valence-corrected chi connectivity index (χ4v) is 5.37. The highest BCUT2D eigenvalue weighted by Gasteiger charge is 2.64. The monoisotopic (exact) mass is 539 g/mol. The summed E-state index contributed by atoms with van der Waals surface area (Å²) < 4.78 is 24.2. The molecule has 2 heterocycles. The molecule has 37 heavy (non-hydrogen) atoms. The predicted molar refractivity (Wildman–Crippen MR) is 144 cm³/mol. The van der Waals surface area contributed by atoms with E-state index in [4.69, 9.17) is 30.5 Å². The van der Waals surface area contributed by atoms with E-state index in [1.165, 1.54) is 51.4 Å². The van der Waals surface area contributed by atoms with E-state index in [1.807, 2.05) is 12.1 Å². The lowest BCUT2D eigenvalue weighted by Crippen LogP contribution is -2.45. The number of hydrogen-bond acceptors (Lipinski definition) is 6. The van der Waals surface area contributed by atoms with Gasteiger partial charge in [-0.1, -0.05) is 88.4 Å². The van der Waals surface area contributed by atoms with Crippen molar-refractivity contribution in [2.75, 3.05) is 19.8 Å². The first kappa shape index (κ1) is 30.3. The van der Waals surface area contributed by atoms with Gasteiger partial charge in [-0.05, 0) is 38.0 Å². The summed E-state index contributed by atoms with van der Waals surface area (Å²) in [6.45, 7) is 6.77. The molecule has 0 bridgehead atoms. The van der Waals surface area contributed by atoms with Crippen LogP contribution >= 0.6 is 11.6 Å². The van der Waals surface area contributed by atoms with Crippen molar-refractivity contribution in [3.05, 3.63) is 34.9 Å². The molecule has 3 rings (SSSR count). The molecule has 1 aromatic carbocycles.